The molecule has 102 valence electrons. The molecule has 21 heavy (non-hydrogen) atoms. The SMILES string of the molecule is Clc1cccc(Nc2cccc3c2oc2ccccc23)c1. The average molecular weight is 294 g/mol. The van der Waals surface area contributed by atoms with Crippen LogP contribution >= 0.6 is 11.6 Å². The van der Waals surface area contributed by atoms with Crippen LogP contribution in [0.2, 0.25) is 5.02 Å². The van der Waals surface area contributed by atoms with Crippen molar-refractivity contribution in [1.82, 2.24) is 0 Å². The maximum Gasteiger partial charge on any atom is 0.158 e. The number of para-hydroxylation sites is 2. The zero-order chi connectivity index (χ0) is 14.2. The zero-order valence-electron chi connectivity index (χ0n) is 11.1. The van der Waals surface area contributed by atoms with Gasteiger partial charge in [-0.05, 0) is 30.3 Å². The molecule has 4 rings (SSSR count). The van der Waals surface area contributed by atoms with Gasteiger partial charge in [-0.2, -0.15) is 0 Å². The normalized spacial score (nSPS) is 11.1. The number of hydrogen-bond acceptors (Lipinski definition) is 2. The van der Waals surface area contributed by atoms with Crippen molar-refractivity contribution in [1.29, 1.82) is 0 Å². The summed E-state index contributed by atoms with van der Waals surface area (Å²) in [4.78, 5) is 0. The quantitative estimate of drug-likeness (QED) is 0.491. The highest BCUT2D eigenvalue weighted by Gasteiger charge is 2.10. The highest BCUT2D eigenvalue weighted by Crippen LogP contribution is 2.34. The van der Waals surface area contributed by atoms with Gasteiger partial charge in [0.05, 0.1) is 5.69 Å². The van der Waals surface area contributed by atoms with Crippen molar-refractivity contribution in [3.8, 4) is 0 Å². The van der Waals surface area contributed by atoms with E-state index in [-0.39, 0.29) is 0 Å². The van der Waals surface area contributed by atoms with Gasteiger partial charge in [-0.25, -0.2) is 0 Å². The van der Waals surface area contributed by atoms with Crippen molar-refractivity contribution in [2.75, 3.05) is 5.32 Å². The molecule has 0 aliphatic rings. The first-order chi connectivity index (χ1) is 10.3. The minimum absolute atomic E-state index is 0.705. The molecule has 0 fully saturated rings. The lowest BCUT2D eigenvalue weighted by Gasteiger charge is -2.07. The van der Waals surface area contributed by atoms with Gasteiger partial charge in [0.2, 0.25) is 0 Å². The summed E-state index contributed by atoms with van der Waals surface area (Å²) in [5.74, 6) is 0. The molecule has 3 heteroatoms. The van der Waals surface area contributed by atoms with Gasteiger partial charge >= 0.3 is 0 Å². The smallest absolute Gasteiger partial charge is 0.158 e. The van der Waals surface area contributed by atoms with E-state index in [0.29, 0.717) is 5.02 Å². The molecule has 0 spiro atoms. The van der Waals surface area contributed by atoms with E-state index in [0.717, 1.165) is 33.3 Å². The number of halogens is 1. The van der Waals surface area contributed by atoms with Crippen LogP contribution in [-0.4, -0.2) is 0 Å². The number of fused-ring (bicyclic) bond motifs is 3. The molecule has 4 aromatic rings. The highest BCUT2D eigenvalue weighted by atomic mass is 35.5. The van der Waals surface area contributed by atoms with Gasteiger partial charge in [0.1, 0.15) is 5.58 Å². The molecule has 0 atom stereocenters. The van der Waals surface area contributed by atoms with Crippen molar-refractivity contribution in [2.45, 2.75) is 0 Å². The Balaban J connectivity index is 1.89. The van der Waals surface area contributed by atoms with Gasteiger partial charge < -0.3 is 9.73 Å². The minimum Gasteiger partial charge on any atom is -0.454 e. The molecule has 0 saturated carbocycles. The fourth-order valence-electron chi connectivity index (χ4n) is 2.57. The molecule has 0 unspecified atom stereocenters. The van der Waals surface area contributed by atoms with Crippen LogP contribution in [0.25, 0.3) is 21.9 Å². The Labute approximate surface area is 126 Å². The summed E-state index contributed by atoms with van der Waals surface area (Å²) in [5.41, 5.74) is 3.63. The van der Waals surface area contributed by atoms with Crippen LogP contribution in [0.5, 0.6) is 0 Å². The van der Waals surface area contributed by atoms with Crippen molar-refractivity contribution in [2.24, 2.45) is 0 Å². The van der Waals surface area contributed by atoms with E-state index in [1.807, 2.05) is 54.6 Å². The van der Waals surface area contributed by atoms with Crippen LogP contribution in [-0.2, 0) is 0 Å². The van der Waals surface area contributed by atoms with E-state index in [1.165, 1.54) is 0 Å². The second kappa shape index (κ2) is 4.83. The van der Waals surface area contributed by atoms with E-state index in [1.54, 1.807) is 0 Å². The van der Waals surface area contributed by atoms with Crippen LogP contribution in [0.4, 0.5) is 11.4 Å². The van der Waals surface area contributed by atoms with Crippen molar-refractivity contribution in [3.63, 3.8) is 0 Å². The molecule has 1 N–H and O–H groups in total. The van der Waals surface area contributed by atoms with Crippen molar-refractivity contribution in [3.05, 3.63) is 71.8 Å². The van der Waals surface area contributed by atoms with Gasteiger partial charge in [0.15, 0.2) is 5.58 Å². The van der Waals surface area contributed by atoms with E-state index in [4.69, 9.17) is 16.0 Å². The van der Waals surface area contributed by atoms with Crippen LogP contribution in [0.1, 0.15) is 0 Å². The molecule has 0 aliphatic carbocycles. The van der Waals surface area contributed by atoms with Crippen molar-refractivity contribution >= 4 is 44.9 Å². The molecule has 1 aromatic heterocycles. The van der Waals surface area contributed by atoms with Gasteiger partial charge in [-0.1, -0.05) is 48.0 Å². The molecule has 3 aromatic carbocycles. The average Bonchev–Trinajstić information content (AvgIpc) is 2.87. The fourth-order valence-corrected chi connectivity index (χ4v) is 2.76. The summed E-state index contributed by atoms with van der Waals surface area (Å²) in [5, 5.41) is 6.31. The largest absolute Gasteiger partial charge is 0.454 e. The Morgan fingerprint density at radius 1 is 0.810 bits per heavy atom. The monoisotopic (exact) mass is 293 g/mol. The summed E-state index contributed by atoms with van der Waals surface area (Å²) >= 11 is 6.03. The van der Waals surface area contributed by atoms with Crippen LogP contribution in [0.15, 0.2) is 71.1 Å². The number of benzene rings is 3. The maximum absolute atomic E-state index is 6.03. The minimum atomic E-state index is 0.705. The third-order valence-corrected chi connectivity index (χ3v) is 3.74. The summed E-state index contributed by atoms with van der Waals surface area (Å²) in [6.07, 6.45) is 0. The zero-order valence-corrected chi connectivity index (χ0v) is 11.9. The van der Waals surface area contributed by atoms with Gasteiger partial charge in [0, 0.05) is 21.5 Å². The second-order valence-corrected chi connectivity index (χ2v) is 5.35. The Morgan fingerprint density at radius 2 is 1.62 bits per heavy atom. The first-order valence-corrected chi connectivity index (χ1v) is 7.12. The molecule has 0 saturated heterocycles. The van der Waals surface area contributed by atoms with Crippen molar-refractivity contribution < 1.29 is 4.42 Å². The van der Waals surface area contributed by atoms with Crippen LogP contribution in [0, 0.1) is 0 Å². The summed E-state index contributed by atoms with van der Waals surface area (Å²) in [6.45, 7) is 0. The standard InChI is InChI=1S/C18H12ClNO/c19-12-5-3-6-13(11-12)20-16-9-4-8-15-14-7-1-2-10-17(14)21-18(15)16/h1-11,20H. The number of nitrogens with one attached hydrogen (secondary N) is 1. The Kier molecular flexibility index (Phi) is 2.83. The Morgan fingerprint density at radius 3 is 2.52 bits per heavy atom. The van der Waals surface area contributed by atoms with E-state index >= 15 is 0 Å². The fraction of sp³-hybridized carbons (Fsp3) is 0. The number of furan rings is 1. The van der Waals surface area contributed by atoms with Gasteiger partial charge in [-0.3, -0.25) is 0 Å². The first kappa shape index (κ1) is 12.3. The van der Waals surface area contributed by atoms with Crippen LogP contribution in [0.3, 0.4) is 0 Å². The molecular formula is C18H12ClNO. The number of anilines is 2. The third-order valence-electron chi connectivity index (χ3n) is 3.51. The first-order valence-electron chi connectivity index (χ1n) is 6.74. The van der Waals surface area contributed by atoms with E-state index < -0.39 is 0 Å². The lowest BCUT2D eigenvalue weighted by Crippen LogP contribution is -1.90. The number of rotatable bonds is 2. The van der Waals surface area contributed by atoms with Gasteiger partial charge in [-0.15, -0.1) is 0 Å². The Hall–Kier alpha value is -2.45. The van der Waals surface area contributed by atoms with E-state index in [9.17, 15) is 0 Å². The second-order valence-electron chi connectivity index (χ2n) is 4.92. The number of hydrogen-bond donors (Lipinski definition) is 1. The molecule has 0 radical (unpaired) electrons. The summed E-state index contributed by atoms with van der Waals surface area (Å²) in [7, 11) is 0. The Bertz CT molecular complexity index is 942. The summed E-state index contributed by atoms with van der Waals surface area (Å²) < 4.78 is 5.99. The maximum atomic E-state index is 6.03. The molecule has 2 nitrogen and oxygen atoms in total. The van der Waals surface area contributed by atoms with Crippen LogP contribution < -0.4 is 5.32 Å². The molecule has 0 amide bonds. The molecule has 0 aliphatic heterocycles. The highest BCUT2D eigenvalue weighted by molar-refractivity contribution is 6.30. The third kappa shape index (κ3) is 2.14. The molecule has 0 bridgehead atoms. The van der Waals surface area contributed by atoms with Gasteiger partial charge in [0.25, 0.3) is 0 Å². The summed E-state index contributed by atoms with van der Waals surface area (Å²) in [6, 6.07) is 21.8. The topological polar surface area (TPSA) is 25.2 Å². The predicted octanol–water partition coefficient (Wildman–Crippen LogP) is 5.98. The predicted molar refractivity (Wildman–Crippen MR) is 88.5 cm³/mol. The molecular weight excluding hydrogens is 282 g/mol. The lowest BCUT2D eigenvalue weighted by atomic mass is 10.1. The lowest BCUT2D eigenvalue weighted by molar-refractivity contribution is 0.670. The molecule has 1 heterocycles. The van der Waals surface area contributed by atoms with E-state index in [2.05, 4.69) is 17.4 Å².